The fraction of sp³-hybridized carbons (Fsp3) is 0.222. The Morgan fingerprint density at radius 2 is 1.26 bits per heavy atom. The summed E-state index contributed by atoms with van der Waals surface area (Å²) in [6.45, 7) is 3.15. The fourth-order valence-corrected chi connectivity index (χ4v) is 3.06. The highest BCUT2D eigenvalue weighted by Gasteiger charge is 2.36. The van der Waals surface area contributed by atoms with E-state index in [1.807, 2.05) is 24.3 Å². The van der Waals surface area contributed by atoms with Gasteiger partial charge in [0, 0.05) is 18.8 Å². The number of nitrogens with zero attached hydrogens (tertiary/aromatic N) is 2. The quantitative estimate of drug-likeness (QED) is 0.799. The SMILES string of the molecule is O=C1c2ccccc2C(=O)N1c1ccc(N2CCOCC2)cc1. The molecular weight excluding hydrogens is 292 g/mol. The van der Waals surface area contributed by atoms with E-state index in [-0.39, 0.29) is 11.8 Å². The van der Waals surface area contributed by atoms with E-state index < -0.39 is 0 Å². The van der Waals surface area contributed by atoms with Gasteiger partial charge in [0.2, 0.25) is 0 Å². The molecule has 5 nitrogen and oxygen atoms in total. The van der Waals surface area contributed by atoms with Crippen LogP contribution in [0.25, 0.3) is 0 Å². The van der Waals surface area contributed by atoms with Crippen molar-refractivity contribution in [3.8, 4) is 0 Å². The van der Waals surface area contributed by atoms with Crippen molar-refractivity contribution in [2.75, 3.05) is 36.1 Å². The van der Waals surface area contributed by atoms with Gasteiger partial charge in [0.25, 0.3) is 11.8 Å². The molecule has 0 spiro atoms. The number of fused-ring (bicyclic) bond motifs is 1. The molecular formula is C18H16N2O3. The molecule has 2 aliphatic rings. The molecule has 0 atom stereocenters. The minimum Gasteiger partial charge on any atom is -0.378 e. The van der Waals surface area contributed by atoms with Gasteiger partial charge in [-0.1, -0.05) is 12.1 Å². The minimum absolute atomic E-state index is 0.260. The van der Waals surface area contributed by atoms with Crippen molar-refractivity contribution in [2.24, 2.45) is 0 Å². The summed E-state index contributed by atoms with van der Waals surface area (Å²) in [5.74, 6) is -0.519. The molecule has 2 aromatic carbocycles. The molecule has 2 heterocycles. The van der Waals surface area contributed by atoms with Crippen molar-refractivity contribution >= 4 is 23.2 Å². The lowest BCUT2D eigenvalue weighted by Gasteiger charge is -2.29. The van der Waals surface area contributed by atoms with Crippen LogP contribution in [0.2, 0.25) is 0 Å². The van der Waals surface area contributed by atoms with Gasteiger partial charge in [0.15, 0.2) is 0 Å². The number of hydrogen-bond acceptors (Lipinski definition) is 4. The molecule has 0 aromatic heterocycles. The predicted molar refractivity (Wildman–Crippen MR) is 87.1 cm³/mol. The molecule has 1 saturated heterocycles. The summed E-state index contributed by atoms with van der Waals surface area (Å²) in [6, 6.07) is 14.5. The largest absolute Gasteiger partial charge is 0.378 e. The van der Waals surface area contributed by atoms with E-state index in [1.54, 1.807) is 24.3 Å². The third-order valence-electron chi connectivity index (χ3n) is 4.28. The Morgan fingerprint density at radius 1 is 0.739 bits per heavy atom. The molecule has 116 valence electrons. The summed E-state index contributed by atoms with van der Waals surface area (Å²) in [7, 11) is 0. The Morgan fingerprint density at radius 3 is 1.83 bits per heavy atom. The van der Waals surface area contributed by atoms with Crippen LogP contribution in [0.1, 0.15) is 20.7 Å². The second-order valence-electron chi connectivity index (χ2n) is 5.61. The Bertz CT molecular complexity index is 729. The Kier molecular flexibility index (Phi) is 3.35. The van der Waals surface area contributed by atoms with Gasteiger partial charge in [-0.05, 0) is 36.4 Å². The van der Waals surface area contributed by atoms with Crippen LogP contribution in [0.4, 0.5) is 11.4 Å². The van der Waals surface area contributed by atoms with E-state index in [0.29, 0.717) is 16.8 Å². The number of carbonyl (C=O) groups excluding carboxylic acids is 2. The van der Waals surface area contributed by atoms with Crippen LogP contribution in [0.15, 0.2) is 48.5 Å². The van der Waals surface area contributed by atoms with E-state index in [2.05, 4.69) is 4.90 Å². The lowest BCUT2D eigenvalue weighted by molar-refractivity contribution is 0.0926. The van der Waals surface area contributed by atoms with Gasteiger partial charge < -0.3 is 9.64 Å². The van der Waals surface area contributed by atoms with Gasteiger partial charge in [-0.3, -0.25) is 9.59 Å². The first-order valence-corrected chi connectivity index (χ1v) is 7.66. The zero-order valence-corrected chi connectivity index (χ0v) is 12.6. The third-order valence-corrected chi connectivity index (χ3v) is 4.28. The van der Waals surface area contributed by atoms with Crippen LogP contribution >= 0.6 is 0 Å². The molecule has 0 radical (unpaired) electrons. The summed E-state index contributed by atoms with van der Waals surface area (Å²) < 4.78 is 5.35. The number of morpholine rings is 1. The van der Waals surface area contributed by atoms with Crippen LogP contribution < -0.4 is 9.80 Å². The van der Waals surface area contributed by atoms with Gasteiger partial charge in [-0.25, -0.2) is 4.90 Å². The lowest BCUT2D eigenvalue weighted by Crippen LogP contribution is -2.36. The maximum atomic E-state index is 12.5. The van der Waals surface area contributed by atoms with Crippen LogP contribution in [-0.2, 0) is 4.74 Å². The Hall–Kier alpha value is -2.66. The molecule has 5 heteroatoms. The maximum absolute atomic E-state index is 12.5. The van der Waals surface area contributed by atoms with Crippen molar-refractivity contribution in [1.29, 1.82) is 0 Å². The minimum atomic E-state index is -0.260. The summed E-state index contributed by atoms with van der Waals surface area (Å²) in [6.07, 6.45) is 0. The first-order valence-electron chi connectivity index (χ1n) is 7.66. The van der Waals surface area contributed by atoms with E-state index in [9.17, 15) is 9.59 Å². The number of ether oxygens (including phenoxy) is 1. The zero-order chi connectivity index (χ0) is 15.8. The normalized spacial score (nSPS) is 17.6. The number of amides is 2. The van der Waals surface area contributed by atoms with E-state index in [1.165, 1.54) is 4.90 Å². The highest BCUT2D eigenvalue weighted by Crippen LogP contribution is 2.29. The highest BCUT2D eigenvalue weighted by molar-refractivity contribution is 6.34. The zero-order valence-electron chi connectivity index (χ0n) is 12.6. The fourth-order valence-electron chi connectivity index (χ4n) is 3.06. The number of imide groups is 1. The van der Waals surface area contributed by atoms with E-state index >= 15 is 0 Å². The van der Waals surface area contributed by atoms with Crippen molar-refractivity contribution in [1.82, 2.24) is 0 Å². The molecule has 2 aromatic rings. The highest BCUT2D eigenvalue weighted by atomic mass is 16.5. The molecule has 0 unspecified atom stereocenters. The van der Waals surface area contributed by atoms with Gasteiger partial charge in [-0.15, -0.1) is 0 Å². The van der Waals surface area contributed by atoms with Crippen LogP contribution in [0.5, 0.6) is 0 Å². The van der Waals surface area contributed by atoms with Crippen molar-refractivity contribution in [2.45, 2.75) is 0 Å². The molecule has 23 heavy (non-hydrogen) atoms. The van der Waals surface area contributed by atoms with Crippen LogP contribution in [0, 0.1) is 0 Å². The average Bonchev–Trinajstić information content (AvgIpc) is 2.87. The number of rotatable bonds is 2. The van der Waals surface area contributed by atoms with Gasteiger partial charge >= 0.3 is 0 Å². The number of hydrogen-bond donors (Lipinski definition) is 0. The molecule has 2 aliphatic heterocycles. The topological polar surface area (TPSA) is 49.9 Å². The molecule has 1 fully saturated rings. The van der Waals surface area contributed by atoms with Crippen molar-refractivity contribution < 1.29 is 14.3 Å². The monoisotopic (exact) mass is 308 g/mol. The lowest BCUT2D eigenvalue weighted by atomic mass is 10.1. The standard InChI is InChI=1S/C18H16N2O3/c21-17-15-3-1-2-4-16(15)18(22)20(17)14-7-5-13(6-8-14)19-9-11-23-12-10-19/h1-8H,9-12H2. The summed E-state index contributed by atoms with van der Waals surface area (Å²) in [5, 5.41) is 0. The number of carbonyl (C=O) groups is 2. The Balaban J connectivity index is 1.62. The predicted octanol–water partition coefficient (Wildman–Crippen LogP) is 2.32. The molecule has 2 amide bonds. The van der Waals surface area contributed by atoms with Crippen molar-refractivity contribution in [3.63, 3.8) is 0 Å². The first kappa shape index (κ1) is 14.0. The molecule has 0 N–H and O–H groups in total. The number of anilines is 2. The van der Waals surface area contributed by atoms with E-state index in [0.717, 1.165) is 32.0 Å². The average molecular weight is 308 g/mol. The van der Waals surface area contributed by atoms with Gasteiger partial charge in [0.05, 0.1) is 30.0 Å². The molecule has 4 rings (SSSR count). The smallest absolute Gasteiger partial charge is 0.266 e. The van der Waals surface area contributed by atoms with E-state index in [4.69, 9.17) is 4.74 Å². The second-order valence-corrected chi connectivity index (χ2v) is 5.61. The third kappa shape index (κ3) is 2.29. The maximum Gasteiger partial charge on any atom is 0.266 e. The van der Waals surface area contributed by atoms with Gasteiger partial charge in [0.1, 0.15) is 0 Å². The second kappa shape index (κ2) is 5.52. The molecule has 0 aliphatic carbocycles. The first-order chi connectivity index (χ1) is 11.3. The molecule has 0 saturated carbocycles. The van der Waals surface area contributed by atoms with Gasteiger partial charge in [-0.2, -0.15) is 0 Å². The molecule has 0 bridgehead atoms. The summed E-state index contributed by atoms with van der Waals surface area (Å²) >= 11 is 0. The Labute approximate surface area is 134 Å². The summed E-state index contributed by atoms with van der Waals surface area (Å²) in [4.78, 5) is 28.4. The number of benzene rings is 2. The summed E-state index contributed by atoms with van der Waals surface area (Å²) in [5.41, 5.74) is 2.62. The van der Waals surface area contributed by atoms with Crippen LogP contribution in [-0.4, -0.2) is 38.1 Å². The van der Waals surface area contributed by atoms with Crippen molar-refractivity contribution in [3.05, 3.63) is 59.7 Å². The van der Waals surface area contributed by atoms with Crippen LogP contribution in [0.3, 0.4) is 0 Å².